The fourth-order valence-corrected chi connectivity index (χ4v) is 2.22. The summed E-state index contributed by atoms with van der Waals surface area (Å²) in [6.07, 6.45) is 5.17. The van der Waals surface area contributed by atoms with Crippen LogP contribution in [0.25, 0.3) is 11.3 Å². The first kappa shape index (κ1) is 14.8. The highest BCUT2D eigenvalue weighted by molar-refractivity contribution is 5.57. The second-order valence-corrected chi connectivity index (χ2v) is 5.11. The van der Waals surface area contributed by atoms with Crippen molar-refractivity contribution in [1.29, 1.82) is 0 Å². The average Bonchev–Trinajstić information content (AvgIpc) is 2.92. The van der Waals surface area contributed by atoms with E-state index in [2.05, 4.69) is 12.2 Å². The van der Waals surface area contributed by atoms with Gasteiger partial charge in [0.25, 0.3) is 0 Å². The molecule has 0 aliphatic carbocycles. The quantitative estimate of drug-likeness (QED) is 0.731. The molecule has 0 saturated carbocycles. The first-order valence-corrected chi connectivity index (χ1v) is 7.46. The highest BCUT2D eigenvalue weighted by atomic mass is 19.1. The molecule has 0 spiro atoms. The molecule has 0 amide bonds. The van der Waals surface area contributed by atoms with Crippen molar-refractivity contribution in [3.63, 3.8) is 0 Å². The second kappa shape index (κ2) is 7.85. The number of furan rings is 1. The molecule has 2 rings (SSSR count). The van der Waals surface area contributed by atoms with Crippen LogP contribution in [0.3, 0.4) is 0 Å². The number of halogens is 1. The Morgan fingerprint density at radius 3 is 2.55 bits per heavy atom. The van der Waals surface area contributed by atoms with E-state index in [1.165, 1.54) is 37.8 Å². The smallest absolute Gasteiger partial charge is 0.158 e. The predicted molar refractivity (Wildman–Crippen MR) is 78.7 cm³/mol. The monoisotopic (exact) mass is 276 g/mol. The molecule has 20 heavy (non-hydrogen) atoms. The molecular formula is C17H23FNO+. The summed E-state index contributed by atoms with van der Waals surface area (Å²) < 4.78 is 18.6. The van der Waals surface area contributed by atoms with Crippen LogP contribution in [0.2, 0.25) is 0 Å². The van der Waals surface area contributed by atoms with Gasteiger partial charge in [0.05, 0.1) is 6.54 Å². The summed E-state index contributed by atoms with van der Waals surface area (Å²) in [7, 11) is 0. The maximum Gasteiger partial charge on any atom is 0.158 e. The van der Waals surface area contributed by atoms with Crippen LogP contribution in [-0.2, 0) is 6.54 Å². The average molecular weight is 276 g/mol. The van der Waals surface area contributed by atoms with Crippen LogP contribution in [0.4, 0.5) is 4.39 Å². The highest BCUT2D eigenvalue weighted by Crippen LogP contribution is 2.21. The topological polar surface area (TPSA) is 29.8 Å². The van der Waals surface area contributed by atoms with Crippen LogP contribution >= 0.6 is 0 Å². The van der Waals surface area contributed by atoms with Crippen molar-refractivity contribution in [2.45, 2.75) is 39.2 Å². The van der Waals surface area contributed by atoms with Gasteiger partial charge < -0.3 is 9.73 Å². The van der Waals surface area contributed by atoms with Crippen LogP contribution in [-0.4, -0.2) is 6.54 Å². The van der Waals surface area contributed by atoms with Gasteiger partial charge in [-0.3, -0.25) is 0 Å². The molecule has 0 radical (unpaired) electrons. The Bertz CT molecular complexity index is 504. The number of nitrogens with two attached hydrogens (primary N) is 1. The maximum absolute atomic E-state index is 12.9. The molecular weight excluding hydrogens is 253 g/mol. The second-order valence-electron chi connectivity index (χ2n) is 5.11. The lowest BCUT2D eigenvalue weighted by Crippen LogP contribution is -2.82. The molecule has 0 saturated heterocycles. The molecule has 0 fully saturated rings. The molecule has 2 aromatic rings. The van der Waals surface area contributed by atoms with E-state index in [-0.39, 0.29) is 5.82 Å². The van der Waals surface area contributed by atoms with Crippen molar-refractivity contribution < 1.29 is 14.1 Å². The van der Waals surface area contributed by atoms with Crippen LogP contribution in [0.15, 0.2) is 40.8 Å². The van der Waals surface area contributed by atoms with E-state index in [1.807, 2.05) is 12.1 Å². The molecule has 2 N–H and O–H groups in total. The molecule has 108 valence electrons. The van der Waals surface area contributed by atoms with E-state index in [0.717, 1.165) is 30.2 Å². The first-order valence-electron chi connectivity index (χ1n) is 7.46. The van der Waals surface area contributed by atoms with Gasteiger partial charge in [0.2, 0.25) is 0 Å². The normalized spacial score (nSPS) is 10.9. The van der Waals surface area contributed by atoms with E-state index in [1.54, 1.807) is 12.1 Å². The summed E-state index contributed by atoms with van der Waals surface area (Å²) >= 11 is 0. The van der Waals surface area contributed by atoms with Crippen molar-refractivity contribution in [2.24, 2.45) is 0 Å². The number of unbranched alkanes of at least 4 members (excludes halogenated alkanes) is 3. The molecule has 1 aromatic heterocycles. The largest absolute Gasteiger partial charge is 0.455 e. The Balaban J connectivity index is 1.79. The van der Waals surface area contributed by atoms with Gasteiger partial charge in [0, 0.05) is 5.56 Å². The summed E-state index contributed by atoms with van der Waals surface area (Å²) in [4.78, 5) is 0. The Labute approximate surface area is 120 Å². The minimum absolute atomic E-state index is 0.221. The Kier molecular flexibility index (Phi) is 5.81. The summed E-state index contributed by atoms with van der Waals surface area (Å²) in [5.74, 6) is 1.56. The standard InChI is InChI=1S/C17H22FNO/c1-2-3-4-5-12-19-13-16-10-11-17(20-16)14-6-8-15(18)9-7-14/h6-11,19H,2-5,12-13H2,1H3/p+1. The van der Waals surface area contributed by atoms with Gasteiger partial charge in [0.15, 0.2) is 5.76 Å². The third-order valence-electron chi connectivity index (χ3n) is 3.40. The summed E-state index contributed by atoms with van der Waals surface area (Å²) in [6.45, 7) is 4.24. The van der Waals surface area contributed by atoms with E-state index in [9.17, 15) is 4.39 Å². The predicted octanol–water partition coefficient (Wildman–Crippen LogP) is 3.73. The number of hydrogen-bond donors (Lipinski definition) is 1. The number of rotatable bonds is 8. The van der Waals surface area contributed by atoms with Gasteiger partial charge in [-0.25, -0.2) is 4.39 Å². The lowest BCUT2D eigenvalue weighted by atomic mass is 10.2. The molecule has 0 unspecified atom stereocenters. The lowest BCUT2D eigenvalue weighted by molar-refractivity contribution is -0.672. The minimum Gasteiger partial charge on any atom is -0.455 e. The van der Waals surface area contributed by atoms with Crippen molar-refractivity contribution in [2.75, 3.05) is 6.54 Å². The fourth-order valence-electron chi connectivity index (χ4n) is 2.22. The molecule has 0 bridgehead atoms. The number of quaternary nitrogens is 1. The Morgan fingerprint density at radius 1 is 1.00 bits per heavy atom. The summed E-state index contributed by atoms with van der Waals surface area (Å²) in [6, 6.07) is 10.3. The highest BCUT2D eigenvalue weighted by Gasteiger charge is 2.06. The number of benzene rings is 1. The van der Waals surface area contributed by atoms with E-state index in [4.69, 9.17) is 4.42 Å². The van der Waals surface area contributed by atoms with Gasteiger partial charge in [-0.05, 0) is 49.2 Å². The van der Waals surface area contributed by atoms with Crippen molar-refractivity contribution in [1.82, 2.24) is 0 Å². The zero-order valence-corrected chi connectivity index (χ0v) is 12.1. The molecule has 0 atom stereocenters. The number of hydrogen-bond acceptors (Lipinski definition) is 1. The fraction of sp³-hybridized carbons (Fsp3) is 0.412. The molecule has 0 aliphatic rings. The minimum atomic E-state index is -0.221. The molecule has 1 heterocycles. The van der Waals surface area contributed by atoms with Crippen molar-refractivity contribution >= 4 is 0 Å². The van der Waals surface area contributed by atoms with Crippen LogP contribution in [0.1, 0.15) is 38.4 Å². The zero-order valence-electron chi connectivity index (χ0n) is 12.1. The van der Waals surface area contributed by atoms with Gasteiger partial charge >= 0.3 is 0 Å². The summed E-state index contributed by atoms with van der Waals surface area (Å²) in [5, 5.41) is 2.28. The molecule has 1 aromatic carbocycles. The lowest BCUT2D eigenvalue weighted by Gasteiger charge is -2.00. The van der Waals surface area contributed by atoms with Crippen molar-refractivity contribution in [3.05, 3.63) is 48.0 Å². The van der Waals surface area contributed by atoms with Crippen LogP contribution < -0.4 is 5.32 Å². The maximum atomic E-state index is 12.9. The molecule has 2 nitrogen and oxygen atoms in total. The van der Waals surface area contributed by atoms with Crippen molar-refractivity contribution in [3.8, 4) is 11.3 Å². The van der Waals surface area contributed by atoms with Gasteiger partial charge in [-0.2, -0.15) is 0 Å². The van der Waals surface area contributed by atoms with Gasteiger partial charge in [-0.15, -0.1) is 0 Å². The van der Waals surface area contributed by atoms with Crippen LogP contribution in [0.5, 0.6) is 0 Å². The SMILES string of the molecule is CCCCCC[NH2+]Cc1ccc(-c2ccc(F)cc2)o1. The molecule has 3 heteroatoms. The van der Waals surface area contributed by atoms with Crippen LogP contribution in [0, 0.1) is 5.82 Å². The van der Waals surface area contributed by atoms with E-state index >= 15 is 0 Å². The third kappa shape index (κ3) is 4.49. The first-order chi connectivity index (χ1) is 9.79. The summed E-state index contributed by atoms with van der Waals surface area (Å²) in [5.41, 5.74) is 0.917. The van der Waals surface area contributed by atoms with Gasteiger partial charge in [-0.1, -0.05) is 19.8 Å². The Hall–Kier alpha value is -1.61. The van der Waals surface area contributed by atoms with E-state index in [0.29, 0.717) is 0 Å². The zero-order chi connectivity index (χ0) is 14.2. The molecule has 0 aliphatic heterocycles. The Morgan fingerprint density at radius 2 is 1.80 bits per heavy atom. The van der Waals surface area contributed by atoms with E-state index < -0.39 is 0 Å². The third-order valence-corrected chi connectivity index (χ3v) is 3.40. The van der Waals surface area contributed by atoms with Gasteiger partial charge in [0.1, 0.15) is 18.1 Å².